The molecule has 1 heterocycles. The molecule has 0 saturated carbocycles. The average Bonchev–Trinajstić information content (AvgIpc) is 2.64. The third-order valence-corrected chi connectivity index (χ3v) is 4.29. The van der Waals surface area contributed by atoms with Crippen LogP contribution in [0.15, 0.2) is 59.4 Å². The molecule has 128 valence electrons. The smallest absolute Gasteiger partial charge is 0.254 e. The second-order valence-electron chi connectivity index (χ2n) is 5.86. The molecule has 0 aliphatic carbocycles. The highest BCUT2D eigenvalue weighted by atomic mass is 16.5. The minimum atomic E-state index is -0.138. The van der Waals surface area contributed by atoms with E-state index in [-0.39, 0.29) is 11.5 Å². The van der Waals surface area contributed by atoms with Crippen LogP contribution >= 0.6 is 0 Å². The first kappa shape index (κ1) is 16.8. The Morgan fingerprint density at radius 3 is 2.44 bits per heavy atom. The zero-order chi connectivity index (χ0) is 17.8. The summed E-state index contributed by atoms with van der Waals surface area (Å²) >= 11 is 0. The van der Waals surface area contributed by atoms with Gasteiger partial charge in [0.2, 0.25) is 5.95 Å². The van der Waals surface area contributed by atoms with E-state index in [2.05, 4.69) is 17.1 Å². The Labute approximate surface area is 146 Å². The molecule has 3 rings (SSSR count). The zero-order valence-corrected chi connectivity index (χ0v) is 14.4. The number of hydrogen-bond acceptors (Lipinski definition) is 4. The van der Waals surface area contributed by atoms with Gasteiger partial charge in [-0.25, -0.2) is 4.98 Å². The molecule has 0 aliphatic heterocycles. The normalized spacial score (nSPS) is 10.6. The molecule has 0 fully saturated rings. The highest BCUT2D eigenvalue weighted by molar-refractivity contribution is 5.73. The van der Waals surface area contributed by atoms with E-state index in [1.165, 1.54) is 10.1 Å². The average molecular weight is 335 g/mol. The van der Waals surface area contributed by atoms with Crippen molar-refractivity contribution in [3.8, 4) is 16.9 Å². The number of benzene rings is 2. The number of aromatic nitrogens is 2. The predicted molar refractivity (Wildman–Crippen MR) is 99.7 cm³/mol. The Morgan fingerprint density at radius 2 is 1.72 bits per heavy atom. The number of para-hydroxylation sites is 1. The summed E-state index contributed by atoms with van der Waals surface area (Å²) in [5.41, 5.74) is 9.70. The van der Waals surface area contributed by atoms with Crippen molar-refractivity contribution < 1.29 is 4.74 Å². The number of hydrogen-bond donors (Lipinski definition) is 1. The van der Waals surface area contributed by atoms with Crippen molar-refractivity contribution >= 4 is 5.95 Å². The largest absolute Gasteiger partial charge is 0.496 e. The van der Waals surface area contributed by atoms with E-state index in [9.17, 15) is 4.79 Å². The van der Waals surface area contributed by atoms with Gasteiger partial charge in [-0.1, -0.05) is 42.5 Å². The van der Waals surface area contributed by atoms with Crippen molar-refractivity contribution in [3.05, 3.63) is 76.2 Å². The van der Waals surface area contributed by atoms with Crippen LogP contribution in [0.5, 0.6) is 5.75 Å². The van der Waals surface area contributed by atoms with Gasteiger partial charge in [0.25, 0.3) is 5.56 Å². The molecule has 5 heteroatoms. The molecule has 0 bridgehead atoms. The van der Waals surface area contributed by atoms with E-state index in [1.54, 1.807) is 20.2 Å². The quantitative estimate of drug-likeness (QED) is 0.778. The molecule has 0 amide bonds. The van der Waals surface area contributed by atoms with Crippen LogP contribution in [-0.2, 0) is 19.9 Å². The lowest BCUT2D eigenvalue weighted by Gasteiger charge is -2.13. The summed E-state index contributed by atoms with van der Waals surface area (Å²) in [6.07, 6.45) is 1.40. The van der Waals surface area contributed by atoms with E-state index in [0.717, 1.165) is 23.3 Å². The van der Waals surface area contributed by atoms with E-state index in [0.29, 0.717) is 12.1 Å². The van der Waals surface area contributed by atoms with Crippen LogP contribution in [0.2, 0.25) is 0 Å². The lowest BCUT2D eigenvalue weighted by atomic mass is 9.95. The molecular weight excluding hydrogens is 314 g/mol. The van der Waals surface area contributed by atoms with Crippen molar-refractivity contribution in [1.29, 1.82) is 0 Å². The number of rotatable bonds is 5. The molecule has 2 aromatic carbocycles. The predicted octanol–water partition coefficient (Wildman–Crippen LogP) is 2.82. The van der Waals surface area contributed by atoms with Crippen LogP contribution in [0.3, 0.4) is 0 Å². The van der Waals surface area contributed by atoms with Gasteiger partial charge in [0.15, 0.2) is 0 Å². The fourth-order valence-electron chi connectivity index (χ4n) is 2.87. The van der Waals surface area contributed by atoms with E-state index in [4.69, 9.17) is 10.5 Å². The Morgan fingerprint density at radius 1 is 1.04 bits per heavy atom. The van der Waals surface area contributed by atoms with Gasteiger partial charge < -0.3 is 10.5 Å². The Balaban J connectivity index is 1.91. The maximum atomic E-state index is 11.9. The number of anilines is 1. The number of nitrogens with zero attached hydrogens (tertiary/aromatic N) is 2. The van der Waals surface area contributed by atoms with Crippen molar-refractivity contribution in [1.82, 2.24) is 9.55 Å². The lowest BCUT2D eigenvalue weighted by Crippen LogP contribution is -2.21. The highest BCUT2D eigenvalue weighted by Gasteiger charge is 2.10. The van der Waals surface area contributed by atoms with E-state index in [1.807, 2.05) is 36.4 Å². The lowest BCUT2D eigenvalue weighted by molar-refractivity contribution is 0.416. The second-order valence-corrected chi connectivity index (χ2v) is 5.86. The summed E-state index contributed by atoms with van der Waals surface area (Å²) in [4.78, 5) is 16.2. The molecule has 0 spiro atoms. The third kappa shape index (κ3) is 3.55. The highest BCUT2D eigenvalue weighted by Crippen LogP contribution is 2.32. The summed E-state index contributed by atoms with van der Waals surface area (Å²) in [6.45, 7) is 0. The summed E-state index contributed by atoms with van der Waals surface area (Å²) < 4.78 is 6.83. The maximum absolute atomic E-state index is 11.9. The van der Waals surface area contributed by atoms with Gasteiger partial charge in [0.05, 0.1) is 12.8 Å². The van der Waals surface area contributed by atoms with Crippen molar-refractivity contribution in [2.45, 2.75) is 12.8 Å². The van der Waals surface area contributed by atoms with Gasteiger partial charge in [-0.15, -0.1) is 0 Å². The van der Waals surface area contributed by atoms with Crippen molar-refractivity contribution in [2.24, 2.45) is 7.05 Å². The van der Waals surface area contributed by atoms with Crippen molar-refractivity contribution in [3.63, 3.8) is 0 Å². The minimum absolute atomic E-state index is 0.138. The second kappa shape index (κ2) is 7.21. The molecule has 0 atom stereocenters. The van der Waals surface area contributed by atoms with Gasteiger partial charge in [-0.3, -0.25) is 9.36 Å². The van der Waals surface area contributed by atoms with Crippen LogP contribution in [0.1, 0.15) is 11.3 Å². The van der Waals surface area contributed by atoms with Gasteiger partial charge >= 0.3 is 0 Å². The van der Waals surface area contributed by atoms with Crippen LogP contribution < -0.4 is 16.0 Å². The molecular formula is C20H21N3O2. The Kier molecular flexibility index (Phi) is 4.84. The molecule has 0 radical (unpaired) electrons. The number of methoxy groups -OCH3 is 1. The first-order valence-corrected chi connectivity index (χ1v) is 8.14. The summed E-state index contributed by atoms with van der Waals surface area (Å²) in [5, 5.41) is 0. The topological polar surface area (TPSA) is 70.1 Å². The summed E-state index contributed by atoms with van der Waals surface area (Å²) in [6, 6.07) is 17.7. The Bertz CT molecular complexity index is 948. The minimum Gasteiger partial charge on any atom is -0.496 e. The molecule has 2 N–H and O–H groups in total. The van der Waals surface area contributed by atoms with Crippen LogP contribution in [0.4, 0.5) is 5.95 Å². The molecule has 5 nitrogen and oxygen atoms in total. The molecule has 3 aromatic rings. The summed E-state index contributed by atoms with van der Waals surface area (Å²) in [7, 11) is 3.29. The van der Waals surface area contributed by atoms with Crippen LogP contribution in [-0.4, -0.2) is 16.7 Å². The molecule has 0 saturated heterocycles. The van der Waals surface area contributed by atoms with Gasteiger partial charge in [0.1, 0.15) is 5.75 Å². The Hall–Kier alpha value is -3.08. The van der Waals surface area contributed by atoms with Crippen molar-refractivity contribution in [2.75, 3.05) is 12.8 Å². The monoisotopic (exact) mass is 335 g/mol. The molecule has 0 unspecified atom stereocenters. The first-order valence-electron chi connectivity index (χ1n) is 8.14. The number of aryl methyl sites for hydroxylation is 2. The number of ether oxygens (including phenoxy) is 1. The number of nitrogen functional groups attached to an aromatic ring is 1. The SMILES string of the molecule is COc1ccccc1-c1ccccc1CCc1cc(=O)n(C)c(N)n1. The van der Waals surface area contributed by atoms with E-state index < -0.39 is 0 Å². The van der Waals surface area contributed by atoms with Gasteiger partial charge in [-0.2, -0.15) is 0 Å². The third-order valence-electron chi connectivity index (χ3n) is 4.29. The number of nitrogens with two attached hydrogens (primary N) is 1. The standard InChI is InChI=1S/C20H21N3O2/c1-23-19(24)13-15(22-20(23)21)12-11-14-7-3-4-8-16(14)17-9-5-6-10-18(17)25-2/h3-10,13H,11-12H2,1-2H3,(H2,21,22). The molecule has 0 aliphatic rings. The van der Waals surface area contributed by atoms with E-state index >= 15 is 0 Å². The zero-order valence-electron chi connectivity index (χ0n) is 14.4. The summed E-state index contributed by atoms with van der Waals surface area (Å²) in [5.74, 6) is 1.08. The fraction of sp³-hybridized carbons (Fsp3) is 0.200. The van der Waals surface area contributed by atoms with Crippen LogP contribution in [0.25, 0.3) is 11.1 Å². The maximum Gasteiger partial charge on any atom is 0.254 e. The molecule has 1 aromatic heterocycles. The van der Waals surface area contributed by atoms with Crippen LogP contribution in [0, 0.1) is 0 Å². The van der Waals surface area contributed by atoms with Gasteiger partial charge in [0, 0.05) is 18.7 Å². The fourth-order valence-corrected chi connectivity index (χ4v) is 2.87. The first-order chi connectivity index (χ1) is 12.1. The van der Waals surface area contributed by atoms with Gasteiger partial charge in [-0.05, 0) is 30.0 Å². The molecule has 25 heavy (non-hydrogen) atoms.